The number of amides is 1. The minimum atomic E-state index is -0.0693. The fraction of sp³-hybridized carbons (Fsp3) is 0.0625. The normalized spacial score (nSPS) is 10.7. The number of fused-ring (bicyclic) bond motifs is 1. The monoisotopic (exact) mass is 345 g/mol. The third-order valence-electron chi connectivity index (χ3n) is 3.12. The van der Waals surface area contributed by atoms with Crippen LogP contribution in [0.25, 0.3) is 10.8 Å². The highest BCUT2D eigenvalue weighted by molar-refractivity contribution is 9.11. The lowest BCUT2D eigenvalue weighted by molar-refractivity contribution is 0.103. The molecule has 100 valence electrons. The van der Waals surface area contributed by atoms with Crippen molar-refractivity contribution < 1.29 is 4.79 Å². The Kier molecular flexibility index (Phi) is 3.59. The van der Waals surface area contributed by atoms with E-state index in [1.54, 1.807) is 0 Å². The summed E-state index contributed by atoms with van der Waals surface area (Å²) in [5.41, 5.74) is 1.92. The fourth-order valence-electron chi connectivity index (χ4n) is 2.09. The molecule has 0 saturated carbocycles. The van der Waals surface area contributed by atoms with Crippen molar-refractivity contribution >= 4 is 49.6 Å². The molecule has 20 heavy (non-hydrogen) atoms. The van der Waals surface area contributed by atoms with Crippen LogP contribution in [0, 0.1) is 6.92 Å². The van der Waals surface area contributed by atoms with Crippen LogP contribution in [0.1, 0.15) is 15.2 Å². The zero-order chi connectivity index (χ0) is 14.1. The zero-order valence-corrected chi connectivity index (χ0v) is 13.2. The van der Waals surface area contributed by atoms with E-state index in [1.807, 2.05) is 55.5 Å². The molecule has 0 spiro atoms. The van der Waals surface area contributed by atoms with Crippen molar-refractivity contribution in [1.29, 1.82) is 0 Å². The van der Waals surface area contributed by atoms with Gasteiger partial charge in [-0.3, -0.25) is 4.79 Å². The van der Waals surface area contributed by atoms with Crippen LogP contribution in [0.3, 0.4) is 0 Å². The van der Waals surface area contributed by atoms with Crippen LogP contribution < -0.4 is 5.32 Å². The second-order valence-electron chi connectivity index (χ2n) is 4.55. The van der Waals surface area contributed by atoms with Gasteiger partial charge in [-0.25, -0.2) is 0 Å². The fourth-order valence-corrected chi connectivity index (χ4v) is 3.52. The molecule has 0 saturated heterocycles. The molecule has 3 rings (SSSR count). The number of aryl methyl sites for hydroxylation is 1. The molecule has 2 nitrogen and oxygen atoms in total. The van der Waals surface area contributed by atoms with Crippen LogP contribution in [0.15, 0.2) is 52.3 Å². The SMILES string of the molecule is Cc1cc(C(=O)Nc2cccc3ccccc23)sc1Br. The van der Waals surface area contributed by atoms with Gasteiger partial charge in [0.1, 0.15) is 0 Å². The number of benzene rings is 2. The summed E-state index contributed by atoms with van der Waals surface area (Å²) < 4.78 is 1.00. The lowest BCUT2D eigenvalue weighted by Gasteiger charge is -2.07. The van der Waals surface area contributed by atoms with E-state index in [1.165, 1.54) is 11.3 Å². The largest absolute Gasteiger partial charge is 0.321 e. The second kappa shape index (κ2) is 5.38. The molecule has 4 heteroatoms. The summed E-state index contributed by atoms with van der Waals surface area (Å²) in [6.07, 6.45) is 0. The van der Waals surface area contributed by atoms with E-state index in [2.05, 4.69) is 21.2 Å². The number of carbonyl (C=O) groups is 1. The number of anilines is 1. The molecule has 2 aromatic carbocycles. The third-order valence-corrected chi connectivity index (χ3v) is 5.25. The summed E-state index contributed by atoms with van der Waals surface area (Å²) in [6.45, 7) is 1.98. The average Bonchev–Trinajstić information content (AvgIpc) is 2.79. The van der Waals surface area contributed by atoms with Gasteiger partial charge in [-0.2, -0.15) is 0 Å². The minimum Gasteiger partial charge on any atom is -0.321 e. The van der Waals surface area contributed by atoms with E-state index in [0.29, 0.717) is 4.88 Å². The van der Waals surface area contributed by atoms with Crippen LogP contribution in [0.2, 0.25) is 0 Å². The summed E-state index contributed by atoms with van der Waals surface area (Å²) >= 11 is 4.90. The summed E-state index contributed by atoms with van der Waals surface area (Å²) in [5.74, 6) is -0.0693. The van der Waals surface area contributed by atoms with Crippen LogP contribution in [-0.4, -0.2) is 5.91 Å². The van der Waals surface area contributed by atoms with Crippen molar-refractivity contribution in [3.05, 3.63) is 62.8 Å². The molecule has 0 fully saturated rings. The van der Waals surface area contributed by atoms with Gasteiger partial charge in [-0.05, 0) is 45.9 Å². The highest BCUT2D eigenvalue weighted by Crippen LogP contribution is 2.29. The van der Waals surface area contributed by atoms with E-state index >= 15 is 0 Å². The van der Waals surface area contributed by atoms with Gasteiger partial charge in [0.05, 0.1) is 8.66 Å². The van der Waals surface area contributed by atoms with Crippen molar-refractivity contribution in [1.82, 2.24) is 0 Å². The van der Waals surface area contributed by atoms with Crippen molar-refractivity contribution in [3.8, 4) is 0 Å². The topological polar surface area (TPSA) is 29.1 Å². The Bertz CT molecular complexity index is 769. The Morgan fingerprint density at radius 3 is 2.65 bits per heavy atom. The molecule has 0 aliphatic heterocycles. The average molecular weight is 346 g/mol. The first-order valence-electron chi connectivity index (χ1n) is 6.20. The van der Waals surface area contributed by atoms with Crippen molar-refractivity contribution in [2.75, 3.05) is 5.32 Å². The molecule has 1 heterocycles. The van der Waals surface area contributed by atoms with Gasteiger partial charge in [0.2, 0.25) is 0 Å². The highest BCUT2D eigenvalue weighted by atomic mass is 79.9. The summed E-state index contributed by atoms with van der Waals surface area (Å²) in [5, 5.41) is 5.16. The standard InChI is InChI=1S/C16H12BrNOS/c1-10-9-14(20-15(10)17)16(19)18-13-8-4-6-11-5-2-3-7-12(11)13/h2-9H,1H3,(H,18,19). The Morgan fingerprint density at radius 1 is 1.15 bits per heavy atom. The third kappa shape index (κ3) is 2.49. The van der Waals surface area contributed by atoms with Crippen LogP contribution in [-0.2, 0) is 0 Å². The maximum atomic E-state index is 12.3. The molecule has 3 aromatic rings. The Morgan fingerprint density at radius 2 is 1.90 bits per heavy atom. The minimum absolute atomic E-state index is 0.0693. The molecule has 0 aliphatic carbocycles. The number of thiophene rings is 1. The van der Waals surface area contributed by atoms with E-state index < -0.39 is 0 Å². The zero-order valence-electron chi connectivity index (χ0n) is 10.8. The molecular weight excluding hydrogens is 334 g/mol. The summed E-state index contributed by atoms with van der Waals surface area (Å²) in [4.78, 5) is 13.0. The van der Waals surface area contributed by atoms with Gasteiger partial charge in [0.15, 0.2) is 0 Å². The van der Waals surface area contributed by atoms with Gasteiger partial charge in [0.25, 0.3) is 5.91 Å². The first-order valence-corrected chi connectivity index (χ1v) is 7.81. The smallest absolute Gasteiger partial charge is 0.265 e. The maximum absolute atomic E-state index is 12.3. The quantitative estimate of drug-likeness (QED) is 0.677. The van der Waals surface area contributed by atoms with E-state index in [9.17, 15) is 4.79 Å². The van der Waals surface area contributed by atoms with Crippen molar-refractivity contribution in [2.45, 2.75) is 6.92 Å². The first kappa shape index (κ1) is 13.3. The molecule has 0 atom stereocenters. The Hall–Kier alpha value is -1.65. The number of hydrogen-bond donors (Lipinski definition) is 1. The molecule has 1 N–H and O–H groups in total. The number of hydrogen-bond acceptors (Lipinski definition) is 2. The van der Waals surface area contributed by atoms with E-state index in [-0.39, 0.29) is 5.91 Å². The molecular formula is C16H12BrNOS. The first-order chi connectivity index (χ1) is 9.65. The molecule has 0 bridgehead atoms. The van der Waals surface area contributed by atoms with Gasteiger partial charge in [0, 0.05) is 11.1 Å². The van der Waals surface area contributed by atoms with E-state index in [4.69, 9.17) is 0 Å². The summed E-state index contributed by atoms with van der Waals surface area (Å²) in [6, 6.07) is 15.8. The number of halogens is 1. The van der Waals surface area contributed by atoms with Crippen molar-refractivity contribution in [2.24, 2.45) is 0 Å². The highest BCUT2D eigenvalue weighted by Gasteiger charge is 2.12. The molecule has 1 amide bonds. The Labute approximate surface area is 129 Å². The van der Waals surface area contributed by atoms with Crippen LogP contribution in [0.5, 0.6) is 0 Å². The van der Waals surface area contributed by atoms with Gasteiger partial charge in [-0.15, -0.1) is 11.3 Å². The van der Waals surface area contributed by atoms with E-state index in [0.717, 1.165) is 25.8 Å². The second-order valence-corrected chi connectivity index (χ2v) is 6.92. The van der Waals surface area contributed by atoms with Crippen LogP contribution in [0.4, 0.5) is 5.69 Å². The van der Waals surface area contributed by atoms with Crippen LogP contribution >= 0.6 is 27.3 Å². The van der Waals surface area contributed by atoms with Gasteiger partial charge < -0.3 is 5.32 Å². The number of rotatable bonds is 2. The predicted molar refractivity (Wildman–Crippen MR) is 88.7 cm³/mol. The molecule has 0 unspecified atom stereocenters. The summed E-state index contributed by atoms with van der Waals surface area (Å²) in [7, 11) is 0. The van der Waals surface area contributed by atoms with Gasteiger partial charge in [-0.1, -0.05) is 36.4 Å². The number of nitrogens with one attached hydrogen (secondary N) is 1. The Balaban J connectivity index is 1.95. The molecule has 0 aliphatic rings. The predicted octanol–water partition coefficient (Wildman–Crippen LogP) is 5.22. The maximum Gasteiger partial charge on any atom is 0.265 e. The lowest BCUT2D eigenvalue weighted by atomic mass is 10.1. The number of carbonyl (C=O) groups excluding carboxylic acids is 1. The van der Waals surface area contributed by atoms with Crippen molar-refractivity contribution in [3.63, 3.8) is 0 Å². The van der Waals surface area contributed by atoms with Gasteiger partial charge >= 0.3 is 0 Å². The lowest BCUT2D eigenvalue weighted by Crippen LogP contribution is -2.10. The molecule has 1 aromatic heterocycles. The molecule has 0 radical (unpaired) electrons.